The van der Waals surface area contributed by atoms with Crippen LogP contribution in [0.2, 0.25) is 6.32 Å². The molecule has 30 heavy (non-hydrogen) atoms. The second-order valence-corrected chi connectivity index (χ2v) is 8.41. The van der Waals surface area contributed by atoms with Gasteiger partial charge in [-0.15, -0.1) is 0 Å². The highest BCUT2D eigenvalue weighted by Gasteiger charge is 2.49. The molecule has 0 saturated carbocycles. The Morgan fingerprint density at radius 2 is 2.07 bits per heavy atom. The monoisotopic (exact) mass is 429 g/mol. The summed E-state index contributed by atoms with van der Waals surface area (Å²) >= 11 is 0. The molecule has 7 nitrogen and oxygen atoms in total. The van der Waals surface area contributed by atoms with Crippen molar-refractivity contribution in [3.8, 4) is 0 Å². The van der Waals surface area contributed by atoms with Crippen molar-refractivity contribution >= 4 is 13.1 Å². The fraction of sp³-hybridized carbons (Fsp3) is 0.632. The largest absolute Gasteiger partial charge is 0.480 e. The Kier molecular flexibility index (Phi) is 6.78. The summed E-state index contributed by atoms with van der Waals surface area (Å²) in [6.45, 7) is 1.50. The third-order valence-corrected chi connectivity index (χ3v) is 6.17. The number of likely N-dealkylation sites (tertiary alicyclic amines) is 1. The lowest BCUT2D eigenvalue weighted by Gasteiger charge is -2.30. The summed E-state index contributed by atoms with van der Waals surface area (Å²) in [5.41, 5.74) is 5.61. The summed E-state index contributed by atoms with van der Waals surface area (Å²) in [6, 6.07) is 3.77. The Bertz CT molecular complexity index is 780. The Morgan fingerprint density at radius 1 is 1.33 bits per heavy atom. The summed E-state index contributed by atoms with van der Waals surface area (Å²) in [4.78, 5) is 13.8. The van der Waals surface area contributed by atoms with Gasteiger partial charge in [-0.2, -0.15) is 13.2 Å². The van der Waals surface area contributed by atoms with Gasteiger partial charge in [-0.25, -0.2) is 0 Å². The molecule has 0 spiro atoms. The molecule has 0 radical (unpaired) electrons. The Morgan fingerprint density at radius 3 is 2.70 bits per heavy atom. The normalized spacial score (nSPS) is 27.1. The first-order chi connectivity index (χ1) is 14.0. The number of rotatable bonds is 7. The first-order valence-corrected chi connectivity index (χ1v) is 10.0. The van der Waals surface area contributed by atoms with E-state index < -0.39 is 30.4 Å². The molecule has 2 aliphatic heterocycles. The van der Waals surface area contributed by atoms with Crippen LogP contribution in [-0.4, -0.2) is 64.4 Å². The molecule has 0 amide bonds. The molecule has 1 aromatic rings. The summed E-state index contributed by atoms with van der Waals surface area (Å²) in [6.07, 6.45) is -2.73. The van der Waals surface area contributed by atoms with Crippen molar-refractivity contribution in [3.05, 3.63) is 34.9 Å². The van der Waals surface area contributed by atoms with Gasteiger partial charge < -0.3 is 26.2 Å². The van der Waals surface area contributed by atoms with Gasteiger partial charge in [-0.3, -0.25) is 9.69 Å². The van der Waals surface area contributed by atoms with E-state index in [0.29, 0.717) is 44.5 Å². The molecule has 2 aliphatic rings. The fourth-order valence-electron chi connectivity index (χ4n) is 4.51. The summed E-state index contributed by atoms with van der Waals surface area (Å²) in [5, 5.41) is 30.9. The SMILES string of the molecule is N[C@@]1(C(=O)O)CN(CC2Cc3ccc(C(F)(F)F)cc3CN2)C[C@@H]1CCCB(O)O. The van der Waals surface area contributed by atoms with E-state index in [2.05, 4.69) is 5.32 Å². The fourth-order valence-corrected chi connectivity index (χ4v) is 4.51. The van der Waals surface area contributed by atoms with Crippen molar-refractivity contribution in [2.24, 2.45) is 11.7 Å². The second-order valence-electron chi connectivity index (χ2n) is 8.41. The Balaban J connectivity index is 1.62. The molecule has 0 bridgehead atoms. The van der Waals surface area contributed by atoms with E-state index in [-0.39, 0.29) is 24.8 Å². The summed E-state index contributed by atoms with van der Waals surface area (Å²) in [5.74, 6) is -1.40. The molecule has 3 rings (SSSR count). The van der Waals surface area contributed by atoms with Gasteiger partial charge in [0.1, 0.15) is 5.54 Å². The van der Waals surface area contributed by atoms with Crippen molar-refractivity contribution in [3.63, 3.8) is 0 Å². The number of fused-ring (bicyclic) bond motifs is 1. The lowest BCUT2D eigenvalue weighted by atomic mass is 9.78. The van der Waals surface area contributed by atoms with Crippen LogP contribution in [0.1, 0.15) is 29.5 Å². The molecule has 166 valence electrons. The number of nitrogens with zero attached hydrogens (tertiary/aromatic N) is 1. The molecular weight excluding hydrogens is 402 g/mol. The minimum Gasteiger partial charge on any atom is -0.480 e. The van der Waals surface area contributed by atoms with Gasteiger partial charge in [0.2, 0.25) is 0 Å². The number of carboxylic acids is 1. The van der Waals surface area contributed by atoms with Gasteiger partial charge in [-0.1, -0.05) is 12.5 Å². The second kappa shape index (κ2) is 8.84. The molecule has 1 aromatic carbocycles. The van der Waals surface area contributed by atoms with Crippen LogP contribution in [0.15, 0.2) is 18.2 Å². The van der Waals surface area contributed by atoms with E-state index >= 15 is 0 Å². The molecular formula is C19H27BF3N3O4. The number of alkyl halides is 3. The van der Waals surface area contributed by atoms with E-state index in [4.69, 9.17) is 15.8 Å². The molecule has 11 heteroatoms. The van der Waals surface area contributed by atoms with Crippen LogP contribution in [0.25, 0.3) is 0 Å². The van der Waals surface area contributed by atoms with Crippen LogP contribution in [0.5, 0.6) is 0 Å². The lowest BCUT2D eigenvalue weighted by Crippen LogP contribution is -2.55. The maximum absolute atomic E-state index is 12.9. The highest BCUT2D eigenvalue weighted by molar-refractivity contribution is 6.40. The molecule has 6 N–H and O–H groups in total. The van der Waals surface area contributed by atoms with E-state index in [1.807, 2.05) is 4.90 Å². The Hall–Kier alpha value is -1.66. The first-order valence-electron chi connectivity index (χ1n) is 10.0. The van der Waals surface area contributed by atoms with Gasteiger partial charge in [0.25, 0.3) is 0 Å². The molecule has 1 unspecified atom stereocenters. The lowest BCUT2D eigenvalue weighted by molar-refractivity contribution is -0.144. The average Bonchev–Trinajstić information content (AvgIpc) is 2.97. The number of halogens is 3. The van der Waals surface area contributed by atoms with Crippen LogP contribution in [0.3, 0.4) is 0 Å². The van der Waals surface area contributed by atoms with Gasteiger partial charge in [0.15, 0.2) is 0 Å². The number of carboxylic acid groups (broad SMARTS) is 1. The number of hydrogen-bond donors (Lipinski definition) is 5. The minimum atomic E-state index is -4.37. The van der Waals surface area contributed by atoms with Gasteiger partial charge in [-0.05, 0) is 42.4 Å². The molecule has 3 atom stereocenters. The maximum atomic E-state index is 12.9. The van der Waals surface area contributed by atoms with Crippen LogP contribution < -0.4 is 11.1 Å². The smallest absolute Gasteiger partial charge is 0.451 e. The molecule has 2 heterocycles. The van der Waals surface area contributed by atoms with E-state index in [1.54, 1.807) is 0 Å². The third-order valence-electron chi connectivity index (χ3n) is 6.17. The van der Waals surface area contributed by atoms with Crippen molar-refractivity contribution < 1.29 is 33.1 Å². The Labute approximate surface area is 173 Å². The van der Waals surface area contributed by atoms with Gasteiger partial charge in [0.05, 0.1) is 5.56 Å². The van der Waals surface area contributed by atoms with Crippen LogP contribution >= 0.6 is 0 Å². The zero-order valence-electron chi connectivity index (χ0n) is 16.5. The van der Waals surface area contributed by atoms with Crippen LogP contribution in [0, 0.1) is 5.92 Å². The summed E-state index contributed by atoms with van der Waals surface area (Å²) < 4.78 is 38.7. The molecule has 0 aliphatic carbocycles. The van der Waals surface area contributed by atoms with E-state index in [0.717, 1.165) is 11.6 Å². The van der Waals surface area contributed by atoms with Crippen molar-refractivity contribution in [1.82, 2.24) is 10.2 Å². The number of hydrogen-bond acceptors (Lipinski definition) is 6. The van der Waals surface area contributed by atoms with Crippen molar-refractivity contribution in [2.45, 2.75) is 49.9 Å². The highest BCUT2D eigenvalue weighted by atomic mass is 19.4. The third kappa shape index (κ3) is 5.15. The molecule has 1 fully saturated rings. The van der Waals surface area contributed by atoms with E-state index in [1.165, 1.54) is 12.1 Å². The predicted molar refractivity (Wildman–Crippen MR) is 104 cm³/mol. The van der Waals surface area contributed by atoms with Gasteiger partial charge in [0, 0.05) is 38.1 Å². The standard InChI is InChI=1S/C19H27BF3N3O4/c21-19(22,23)14-4-3-12-7-16(25-8-13(12)6-14)10-26-9-15(2-1-5-20(29)30)18(24,11-26)17(27)28/h3-4,6,15-16,25,29-30H,1-2,5,7-11,24H2,(H,27,28)/t15-,16?,18-/m0/s1. The summed E-state index contributed by atoms with van der Waals surface area (Å²) in [7, 11) is -1.43. The molecule has 1 saturated heterocycles. The number of nitrogens with two attached hydrogens (primary N) is 1. The number of aliphatic carboxylic acids is 1. The number of nitrogens with one attached hydrogen (secondary N) is 1. The molecule has 0 aromatic heterocycles. The first kappa shape index (κ1) is 23.0. The predicted octanol–water partition coefficient (Wildman–Crippen LogP) is 0.687. The van der Waals surface area contributed by atoms with Crippen molar-refractivity contribution in [1.29, 1.82) is 0 Å². The zero-order valence-corrected chi connectivity index (χ0v) is 16.5. The zero-order chi connectivity index (χ0) is 22.1. The van der Waals surface area contributed by atoms with E-state index in [9.17, 15) is 23.1 Å². The highest BCUT2D eigenvalue weighted by Crippen LogP contribution is 2.33. The minimum absolute atomic E-state index is 0.0229. The van der Waals surface area contributed by atoms with Gasteiger partial charge >= 0.3 is 19.3 Å². The van der Waals surface area contributed by atoms with Crippen molar-refractivity contribution in [2.75, 3.05) is 19.6 Å². The average molecular weight is 429 g/mol. The van der Waals surface area contributed by atoms with Crippen LogP contribution in [-0.2, 0) is 23.9 Å². The quantitative estimate of drug-likeness (QED) is 0.405. The number of carbonyl (C=O) groups is 1. The topological polar surface area (TPSA) is 119 Å². The van der Waals surface area contributed by atoms with Crippen LogP contribution in [0.4, 0.5) is 13.2 Å². The number of benzene rings is 1. The maximum Gasteiger partial charge on any atom is 0.451 e.